The molecular weight excluding hydrogens is 342 g/mol. The number of nitrogens with zero attached hydrogens (tertiary/aromatic N) is 1. The Labute approximate surface area is 146 Å². The van der Waals surface area contributed by atoms with Crippen LogP contribution in [0.1, 0.15) is 25.5 Å². The predicted molar refractivity (Wildman–Crippen MR) is 87.9 cm³/mol. The minimum absolute atomic E-state index is 0. The summed E-state index contributed by atoms with van der Waals surface area (Å²) in [7, 11) is 0. The van der Waals surface area contributed by atoms with Crippen molar-refractivity contribution in [1.82, 2.24) is 10.2 Å². The molecule has 1 aromatic rings. The topological polar surface area (TPSA) is 54.0 Å². The highest BCUT2D eigenvalue weighted by atomic mass is 35.5. The summed E-state index contributed by atoms with van der Waals surface area (Å²) in [5, 5.41) is 13.1. The average Bonchev–Trinajstić information content (AvgIpc) is 2.83. The molecule has 0 saturated carbocycles. The monoisotopic (exact) mass is 364 g/mol. The van der Waals surface area contributed by atoms with Crippen LogP contribution in [0, 0.1) is 5.41 Å². The predicted octanol–water partition coefficient (Wildman–Crippen LogP) is 2.39. The molecule has 2 aliphatic rings. The molecule has 0 amide bonds. The normalized spacial score (nSPS) is 21.2. The lowest BCUT2D eigenvalue weighted by Crippen LogP contribution is -2.49. The molecule has 2 heterocycles. The van der Waals surface area contributed by atoms with Gasteiger partial charge in [-0.15, -0.1) is 21.2 Å². The lowest BCUT2D eigenvalue weighted by atomic mass is 9.79. The molecule has 1 aromatic carbocycles. The Morgan fingerprint density at radius 3 is 2.58 bits per heavy atom. The fourth-order valence-corrected chi connectivity index (χ4v) is 3.34. The smallest absolute Gasteiger partial charge is 0.396 e. The van der Waals surface area contributed by atoms with E-state index in [4.69, 9.17) is 4.74 Å². The van der Waals surface area contributed by atoms with E-state index in [1.165, 1.54) is 6.07 Å². The van der Waals surface area contributed by atoms with Crippen molar-refractivity contribution in [2.75, 3.05) is 32.8 Å². The number of nitrogens with one attached hydrogen (secondary N) is 1. The summed E-state index contributed by atoms with van der Waals surface area (Å²) in [6.45, 7) is 6.97. The molecule has 136 valence electrons. The summed E-state index contributed by atoms with van der Waals surface area (Å²) in [5.74, 6) is 0.115. The molecule has 5 nitrogen and oxygen atoms in total. The van der Waals surface area contributed by atoms with Gasteiger partial charge >= 0.3 is 6.29 Å². The van der Waals surface area contributed by atoms with Crippen molar-refractivity contribution >= 4 is 12.4 Å². The van der Waals surface area contributed by atoms with E-state index in [1.54, 1.807) is 12.1 Å². The zero-order valence-corrected chi connectivity index (χ0v) is 14.5. The first-order valence-electron chi connectivity index (χ1n) is 7.78. The summed E-state index contributed by atoms with van der Waals surface area (Å²) >= 11 is 0. The first-order valence-corrected chi connectivity index (χ1v) is 7.78. The molecule has 0 unspecified atom stereocenters. The number of aliphatic hydroxyl groups excluding tert-OH is 1. The molecule has 2 aliphatic heterocycles. The molecule has 3 rings (SSSR count). The number of ether oxygens (including phenoxy) is 2. The van der Waals surface area contributed by atoms with Gasteiger partial charge in [0.15, 0.2) is 11.5 Å². The minimum Gasteiger partial charge on any atom is -0.396 e. The standard InChI is InChI=1S/C16H22F2N2O3.ClH/c1-15(2,10-21)14(20-8-6-19-7-9-20)11-4-3-5-12-13(11)23-16(17,18)22-12;/h3-5,14,19,21H,6-10H2,1-2H3;1H/t14-;/m1./s1. The van der Waals surface area contributed by atoms with E-state index in [9.17, 15) is 13.9 Å². The van der Waals surface area contributed by atoms with E-state index >= 15 is 0 Å². The van der Waals surface area contributed by atoms with Crippen LogP contribution in [-0.4, -0.2) is 49.1 Å². The molecule has 0 bridgehead atoms. The highest BCUT2D eigenvalue weighted by molar-refractivity contribution is 5.85. The largest absolute Gasteiger partial charge is 0.586 e. The van der Waals surface area contributed by atoms with Crippen molar-refractivity contribution in [2.24, 2.45) is 5.41 Å². The van der Waals surface area contributed by atoms with Crippen LogP contribution in [0.2, 0.25) is 0 Å². The Kier molecular flexibility index (Phi) is 5.59. The van der Waals surface area contributed by atoms with Gasteiger partial charge in [0, 0.05) is 49.8 Å². The number of aliphatic hydroxyl groups is 1. The summed E-state index contributed by atoms with van der Waals surface area (Å²) in [6.07, 6.45) is -3.64. The van der Waals surface area contributed by atoms with Crippen molar-refractivity contribution in [3.63, 3.8) is 0 Å². The van der Waals surface area contributed by atoms with E-state index in [0.29, 0.717) is 5.56 Å². The van der Waals surface area contributed by atoms with Crippen LogP contribution < -0.4 is 14.8 Å². The summed E-state index contributed by atoms with van der Waals surface area (Å²) in [4.78, 5) is 2.20. The summed E-state index contributed by atoms with van der Waals surface area (Å²) in [6, 6.07) is 4.68. The lowest BCUT2D eigenvalue weighted by Gasteiger charge is -2.43. The second-order valence-electron chi connectivity index (χ2n) is 6.68. The van der Waals surface area contributed by atoms with Gasteiger partial charge in [-0.05, 0) is 6.07 Å². The summed E-state index contributed by atoms with van der Waals surface area (Å²) in [5.41, 5.74) is 0.105. The minimum atomic E-state index is -3.64. The Morgan fingerprint density at radius 1 is 1.29 bits per heavy atom. The van der Waals surface area contributed by atoms with E-state index in [1.807, 2.05) is 13.8 Å². The molecule has 1 atom stereocenters. The Hall–Kier alpha value is -1.15. The van der Waals surface area contributed by atoms with Gasteiger partial charge in [0.05, 0.1) is 0 Å². The highest BCUT2D eigenvalue weighted by Gasteiger charge is 2.47. The van der Waals surface area contributed by atoms with Crippen molar-refractivity contribution in [3.8, 4) is 11.5 Å². The van der Waals surface area contributed by atoms with Gasteiger partial charge in [0.1, 0.15) is 0 Å². The van der Waals surface area contributed by atoms with E-state index in [-0.39, 0.29) is 36.6 Å². The maximum atomic E-state index is 13.5. The van der Waals surface area contributed by atoms with Crippen molar-refractivity contribution in [2.45, 2.75) is 26.2 Å². The maximum Gasteiger partial charge on any atom is 0.586 e. The van der Waals surface area contributed by atoms with E-state index in [2.05, 4.69) is 15.0 Å². The Bertz CT molecular complexity index is 580. The van der Waals surface area contributed by atoms with Crippen LogP contribution in [0.5, 0.6) is 11.5 Å². The number of benzene rings is 1. The second kappa shape index (κ2) is 7.00. The molecular formula is C16H23ClF2N2O3. The fourth-order valence-electron chi connectivity index (χ4n) is 3.34. The average molecular weight is 365 g/mol. The number of alkyl halides is 2. The number of hydrogen-bond acceptors (Lipinski definition) is 5. The summed E-state index contributed by atoms with van der Waals surface area (Å²) < 4.78 is 36.3. The third-order valence-electron chi connectivity index (χ3n) is 4.42. The number of halogens is 3. The number of fused-ring (bicyclic) bond motifs is 1. The maximum absolute atomic E-state index is 13.5. The van der Waals surface area contributed by atoms with Crippen LogP contribution in [-0.2, 0) is 0 Å². The molecule has 2 N–H and O–H groups in total. The zero-order valence-electron chi connectivity index (χ0n) is 13.7. The van der Waals surface area contributed by atoms with Crippen molar-refractivity contribution < 1.29 is 23.4 Å². The molecule has 0 aliphatic carbocycles. The molecule has 1 fully saturated rings. The third kappa shape index (κ3) is 3.59. The third-order valence-corrected chi connectivity index (χ3v) is 4.42. The van der Waals surface area contributed by atoms with Gasteiger partial charge in [0.2, 0.25) is 0 Å². The van der Waals surface area contributed by atoms with Crippen LogP contribution in [0.25, 0.3) is 0 Å². The first kappa shape index (κ1) is 19.2. The van der Waals surface area contributed by atoms with Gasteiger partial charge in [0.25, 0.3) is 0 Å². The van der Waals surface area contributed by atoms with Gasteiger partial charge in [-0.25, -0.2) is 0 Å². The SMILES string of the molecule is CC(C)(CO)[C@@H](c1cccc2c1OC(F)(F)O2)N1CCNCC1.Cl. The first-order chi connectivity index (χ1) is 10.8. The van der Waals surface area contributed by atoms with Gasteiger partial charge < -0.3 is 19.9 Å². The Balaban J connectivity index is 0.00000208. The molecule has 0 radical (unpaired) electrons. The van der Waals surface area contributed by atoms with Gasteiger partial charge in [-0.2, -0.15) is 0 Å². The number of hydrogen-bond donors (Lipinski definition) is 2. The Morgan fingerprint density at radius 2 is 1.96 bits per heavy atom. The van der Waals surface area contributed by atoms with Crippen LogP contribution in [0.3, 0.4) is 0 Å². The quantitative estimate of drug-likeness (QED) is 0.859. The molecule has 0 aromatic heterocycles. The van der Waals surface area contributed by atoms with Gasteiger partial charge in [-0.1, -0.05) is 26.0 Å². The molecule has 8 heteroatoms. The van der Waals surface area contributed by atoms with Crippen LogP contribution in [0.15, 0.2) is 18.2 Å². The van der Waals surface area contributed by atoms with Crippen molar-refractivity contribution in [3.05, 3.63) is 23.8 Å². The van der Waals surface area contributed by atoms with Crippen molar-refractivity contribution in [1.29, 1.82) is 0 Å². The zero-order chi connectivity index (χ0) is 16.7. The second-order valence-corrected chi connectivity index (χ2v) is 6.68. The molecule has 24 heavy (non-hydrogen) atoms. The molecule has 1 saturated heterocycles. The number of piperazine rings is 1. The molecule has 0 spiro atoms. The van der Waals surface area contributed by atoms with E-state index in [0.717, 1.165) is 26.2 Å². The lowest BCUT2D eigenvalue weighted by molar-refractivity contribution is -0.287. The van der Waals surface area contributed by atoms with E-state index < -0.39 is 11.7 Å². The number of rotatable bonds is 4. The van der Waals surface area contributed by atoms with Gasteiger partial charge in [-0.3, -0.25) is 4.90 Å². The fraction of sp³-hybridized carbons (Fsp3) is 0.625. The number of para-hydroxylation sites is 1. The van der Waals surface area contributed by atoms with Crippen LogP contribution >= 0.6 is 12.4 Å². The highest BCUT2D eigenvalue weighted by Crippen LogP contribution is 2.50. The van der Waals surface area contributed by atoms with Crippen LogP contribution in [0.4, 0.5) is 8.78 Å².